The lowest BCUT2D eigenvalue weighted by Crippen LogP contribution is -2.23. The van der Waals surface area contributed by atoms with E-state index in [1.54, 1.807) is 0 Å². The van der Waals surface area contributed by atoms with E-state index >= 15 is 0 Å². The molecule has 0 bridgehead atoms. The Balaban J connectivity index is 1.73. The molecule has 1 N–H and O–H groups in total. The molecule has 0 radical (unpaired) electrons. The molecular formula is C21H21NO3S. The van der Waals surface area contributed by atoms with Gasteiger partial charge in [0.1, 0.15) is 12.4 Å². The van der Waals surface area contributed by atoms with Crippen LogP contribution in [-0.4, -0.2) is 22.5 Å². The molecule has 0 aliphatic carbocycles. The average molecular weight is 367 g/mol. The lowest BCUT2D eigenvalue weighted by molar-refractivity contribution is -0.151. The van der Waals surface area contributed by atoms with Crippen molar-refractivity contribution in [2.75, 3.05) is 5.75 Å². The van der Waals surface area contributed by atoms with Gasteiger partial charge in [0.15, 0.2) is 0 Å². The molecule has 0 amide bonds. The Labute approximate surface area is 158 Å². The summed E-state index contributed by atoms with van der Waals surface area (Å²) in [4.78, 5) is 27.7. The van der Waals surface area contributed by atoms with E-state index in [0.717, 1.165) is 22.0 Å². The minimum Gasteiger partial charge on any atom is -0.461 e. The SMILES string of the molecule is O=C(CS)CC(Cc1c[nH]c2ccccc12)C(=O)OCc1ccccc1. The minimum absolute atomic E-state index is 0.0603. The molecule has 4 nitrogen and oxygen atoms in total. The predicted octanol–water partition coefficient (Wildman–Crippen LogP) is 3.96. The summed E-state index contributed by atoms with van der Waals surface area (Å²) >= 11 is 4.03. The first-order valence-corrected chi connectivity index (χ1v) is 9.18. The summed E-state index contributed by atoms with van der Waals surface area (Å²) in [5, 5.41) is 1.06. The van der Waals surface area contributed by atoms with Gasteiger partial charge < -0.3 is 9.72 Å². The molecule has 1 aromatic heterocycles. The van der Waals surface area contributed by atoms with Crippen LogP contribution in [0, 0.1) is 5.92 Å². The number of carbonyl (C=O) groups is 2. The summed E-state index contributed by atoms with van der Waals surface area (Å²) in [6.45, 7) is 0.207. The predicted molar refractivity (Wildman–Crippen MR) is 105 cm³/mol. The van der Waals surface area contributed by atoms with Crippen molar-refractivity contribution in [2.45, 2.75) is 19.4 Å². The van der Waals surface area contributed by atoms with Crippen molar-refractivity contribution >= 4 is 35.3 Å². The third-order valence-electron chi connectivity index (χ3n) is 4.35. The lowest BCUT2D eigenvalue weighted by atomic mass is 9.94. The minimum atomic E-state index is -0.516. The van der Waals surface area contributed by atoms with E-state index in [0.29, 0.717) is 6.42 Å². The molecule has 3 rings (SSSR count). The Morgan fingerprint density at radius 1 is 1.04 bits per heavy atom. The van der Waals surface area contributed by atoms with Gasteiger partial charge in [0.2, 0.25) is 0 Å². The molecule has 1 atom stereocenters. The van der Waals surface area contributed by atoms with Gasteiger partial charge in [-0.25, -0.2) is 0 Å². The van der Waals surface area contributed by atoms with Gasteiger partial charge in [-0.05, 0) is 23.6 Å². The molecule has 134 valence electrons. The molecule has 2 aromatic carbocycles. The summed E-state index contributed by atoms with van der Waals surface area (Å²) in [5.41, 5.74) is 2.95. The molecule has 0 spiro atoms. The van der Waals surface area contributed by atoms with Gasteiger partial charge in [-0.2, -0.15) is 12.6 Å². The van der Waals surface area contributed by atoms with E-state index in [4.69, 9.17) is 4.74 Å². The number of H-pyrrole nitrogens is 1. The van der Waals surface area contributed by atoms with Crippen molar-refractivity contribution in [1.82, 2.24) is 4.98 Å². The smallest absolute Gasteiger partial charge is 0.310 e. The molecule has 0 fully saturated rings. The number of carbonyl (C=O) groups excluding carboxylic acids is 2. The topological polar surface area (TPSA) is 59.2 Å². The number of hydrogen-bond donors (Lipinski definition) is 2. The van der Waals surface area contributed by atoms with E-state index < -0.39 is 5.92 Å². The number of ketones is 1. The van der Waals surface area contributed by atoms with Crippen LogP contribution >= 0.6 is 12.6 Å². The normalized spacial score (nSPS) is 12.0. The first kappa shape index (κ1) is 18.3. The fraction of sp³-hybridized carbons (Fsp3) is 0.238. The second kappa shape index (κ2) is 8.72. The van der Waals surface area contributed by atoms with Gasteiger partial charge in [0.05, 0.1) is 5.92 Å². The van der Waals surface area contributed by atoms with Crippen molar-refractivity contribution in [3.8, 4) is 0 Å². The van der Waals surface area contributed by atoms with E-state index in [2.05, 4.69) is 17.6 Å². The monoisotopic (exact) mass is 367 g/mol. The molecule has 0 saturated heterocycles. The van der Waals surface area contributed by atoms with Crippen LogP contribution < -0.4 is 0 Å². The van der Waals surface area contributed by atoms with Crippen LogP contribution in [0.4, 0.5) is 0 Å². The van der Waals surface area contributed by atoms with Gasteiger partial charge in [0.25, 0.3) is 0 Å². The number of fused-ring (bicyclic) bond motifs is 1. The molecule has 3 aromatic rings. The Morgan fingerprint density at radius 2 is 1.77 bits per heavy atom. The Kier molecular flexibility index (Phi) is 6.12. The van der Waals surface area contributed by atoms with Crippen LogP contribution in [-0.2, 0) is 27.4 Å². The van der Waals surface area contributed by atoms with Crippen molar-refractivity contribution in [3.63, 3.8) is 0 Å². The summed E-state index contributed by atoms with van der Waals surface area (Å²) in [6.07, 6.45) is 2.49. The molecule has 0 saturated carbocycles. The molecule has 1 heterocycles. The number of hydrogen-bond acceptors (Lipinski definition) is 4. The van der Waals surface area contributed by atoms with Crippen molar-refractivity contribution in [3.05, 3.63) is 71.9 Å². The van der Waals surface area contributed by atoms with Crippen molar-refractivity contribution < 1.29 is 14.3 Å². The highest BCUT2D eigenvalue weighted by Crippen LogP contribution is 2.23. The molecule has 1 unspecified atom stereocenters. The van der Waals surface area contributed by atoms with Gasteiger partial charge in [-0.15, -0.1) is 0 Å². The number of para-hydroxylation sites is 1. The number of Topliss-reactive ketones (excluding diaryl/α,β-unsaturated/α-hetero) is 1. The van der Waals surface area contributed by atoms with Gasteiger partial charge in [-0.1, -0.05) is 48.5 Å². The van der Waals surface area contributed by atoms with Crippen molar-refractivity contribution in [1.29, 1.82) is 0 Å². The second-order valence-electron chi connectivity index (χ2n) is 6.25. The number of thiol groups is 1. The van der Waals surface area contributed by atoms with Crippen LogP contribution in [0.3, 0.4) is 0 Å². The molecule has 26 heavy (non-hydrogen) atoms. The highest BCUT2D eigenvalue weighted by atomic mass is 32.1. The molecule has 0 aliphatic rings. The van der Waals surface area contributed by atoms with Crippen LogP contribution in [0.15, 0.2) is 60.8 Å². The standard InChI is InChI=1S/C21H21NO3S/c23-18(14-26)11-16(21(24)25-13-15-6-2-1-3-7-15)10-17-12-22-20-9-5-4-8-19(17)20/h1-9,12,16,22,26H,10-11,13-14H2. The maximum atomic E-state index is 12.6. The highest BCUT2D eigenvalue weighted by molar-refractivity contribution is 7.81. The van der Waals surface area contributed by atoms with Gasteiger partial charge in [-0.3, -0.25) is 9.59 Å². The number of rotatable bonds is 8. The number of aromatic amines is 1. The zero-order valence-electron chi connectivity index (χ0n) is 14.4. The zero-order valence-corrected chi connectivity index (χ0v) is 15.2. The van der Waals surface area contributed by atoms with E-state index in [9.17, 15) is 9.59 Å². The first-order chi connectivity index (χ1) is 12.7. The summed E-state index contributed by atoms with van der Waals surface area (Å²) in [6, 6.07) is 17.4. The molecule has 5 heteroatoms. The number of benzene rings is 2. The summed E-state index contributed by atoms with van der Waals surface area (Å²) in [7, 11) is 0. The highest BCUT2D eigenvalue weighted by Gasteiger charge is 2.24. The Bertz CT molecular complexity index is 888. The third kappa shape index (κ3) is 4.55. The zero-order chi connectivity index (χ0) is 18.4. The van der Waals surface area contributed by atoms with E-state index in [1.165, 1.54) is 0 Å². The average Bonchev–Trinajstić information content (AvgIpc) is 3.09. The van der Waals surface area contributed by atoms with Gasteiger partial charge in [0, 0.05) is 29.3 Å². The first-order valence-electron chi connectivity index (χ1n) is 8.55. The third-order valence-corrected chi connectivity index (χ3v) is 4.70. The number of aromatic nitrogens is 1. The van der Waals surface area contributed by atoms with Gasteiger partial charge >= 0.3 is 5.97 Å². The van der Waals surface area contributed by atoms with E-state index in [1.807, 2.05) is 60.8 Å². The molecule has 0 aliphatic heterocycles. The summed E-state index contributed by atoms with van der Waals surface area (Å²) < 4.78 is 5.47. The number of ether oxygens (including phenoxy) is 1. The van der Waals surface area contributed by atoms with E-state index in [-0.39, 0.29) is 30.5 Å². The number of esters is 1. The maximum Gasteiger partial charge on any atom is 0.310 e. The Hall–Kier alpha value is -2.53. The second-order valence-corrected chi connectivity index (χ2v) is 6.57. The van der Waals surface area contributed by atoms with Crippen LogP contribution in [0.5, 0.6) is 0 Å². The molecular weight excluding hydrogens is 346 g/mol. The van der Waals surface area contributed by atoms with Crippen molar-refractivity contribution in [2.24, 2.45) is 5.92 Å². The largest absolute Gasteiger partial charge is 0.461 e. The van der Waals surface area contributed by atoms with Crippen LogP contribution in [0.25, 0.3) is 10.9 Å². The maximum absolute atomic E-state index is 12.6. The fourth-order valence-corrected chi connectivity index (χ4v) is 3.12. The fourth-order valence-electron chi connectivity index (χ4n) is 2.99. The van der Waals surface area contributed by atoms with Crippen LogP contribution in [0.1, 0.15) is 17.5 Å². The summed E-state index contributed by atoms with van der Waals surface area (Å²) in [5.74, 6) is -0.808. The lowest BCUT2D eigenvalue weighted by Gasteiger charge is -2.15. The number of nitrogens with one attached hydrogen (secondary N) is 1. The Morgan fingerprint density at radius 3 is 2.54 bits per heavy atom. The quantitative estimate of drug-likeness (QED) is 0.468. The van der Waals surface area contributed by atoms with Crippen LogP contribution in [0.2, 0.25) is 0 Å².